The van der Waals surface area contributed by atoms with E-state index in [1.54, 1.807) is 0 Å². The topological polar surface area (TPSA) is 19.4 Å². The molecule has 250 valence electrons. The van der Waals surface area contributed by atoms with Crippen molar-refractivity contribution in [3.63, 3.8) is 0 Å². The van der Waals surface area contributed by atoms with E-state index in [4.69, 9.17) is 4.98 Å². The molecule has 3 heteroatoms. The molecular weight excluding hydrogens is 643 g/mol. The van der Waals surface area contributed by atoms with Gasteiger partial charge in [-0.25, -0.2) is 4.98 Å². The van der Waals surface area contributed by atoms with Crippen LogP contribution in [0.3, 0.4) is 0 Å². The molecule has 8 aromatic carbocycles. The minimum Gasteiger partial charge on any atom is -0.310 e. The summed E-state index contributed by atoms with van der Waals surface area (Å²) < 4.78 is 0. The Morgan fingerprint density at radius 2 is 1.15 bits per heavy atom. The number of nitrogens with zero attached hydrogens (tertiary/aromatic N) is 3. The van der Waals surface area contributed by atoms with Crippen LogP contribution in [0.5, 0.6) is 0 Å². The number of rotatable bonds is 3. The Hall–Kier alpha value is -6.71. The molecule has 0 saturated heterocycles. The van der Waals surface area contributed by atoms with Crippen LogP contribution in [0.1, 0.15) is 25.0 Å². The maximum atomic E-state index is 5.47. The Kier molecular flexibility index (Phi) is 6.30. The number of benzene rings is 8. The normalized spacial score (nSPS) is 13.9. The standard InChI is InChI=1S/C50H35N3/c1-50(2)41-22-9-11-24-44(41)52(36-18-4-3-5-19-36)47-31-46-40(29-42(47)50)38-21-12-16-33-17-13-25-45(49(33)38)53(46)48-30-39(37-20-8-10-23-43(37)51-48)35-27-26-32-14-6-7-15-34(32)28-35/h3-31H,1-2H3. The molecule has 0 atom stereocenters. The van der Waals surface area contributed by atoms with Gasteiger partial charge in [-0.3, -0.25) is 4.90 Å². The van der Waals surface area contributed by atoms with Crippen molar-refractivity contribution in [3.8, 4) is 22.3 Å². The highest BCUT2D eigenvalue weighted by Crippen LogP contribution is 2.58. The molecule has 53 heavy (non-hydrogen) atoms. The zero-order valence-electron chi connectivity index (χ0n) is 29.6. The van der Waals surface area contributed by atoms with Gasteiger partial charge in [0.25, 0.3) is 0 Å². The SMILES string of the molecule is CC1(C)c2ccccc2N(c2ccccc2)c2cc3c(cc21)-c1cccc2cccc(c12)N3c1cc(-c2ccc3ccccc3c2)c2ccccc2n1. The second-order valence-corrected chi connectivity index (χ2v) is 14.8. The number of aromatic nitrogens is 1. The lowest BCUT2D eigenvalue weighted by molar-refractivity contribution is 0.632. The summed E-state index contributed by atoms with van der Waals surface area (Å²) in [4.78, 5) is 10.3. The largest absolute Gasteiger partial charge is 0.310 e. The van der Waals surface area contributed by atoms with Crippen LogP contribution in [-0.2, 0) is 5.41 Å². The van der Waals surface area contributed by atoms with Crippen molar-refractivity contribution in [1.29, 1.82) is 0 Å². The number of hydrogen-bond donors (Lipinski definition) is 0. The third-order valence-electron chi connectivity index (χ3n) is 11.5. The number of anilines is 6. The van der Waals surface area contributed by atoms with Gasteiger partial charge in [-0.15, -0.1) is 0 Å². The lowest BCUT2D eigenvalue weighted by atomic mass is 9.72. The van der Waals surface area contributed by atoms with Crippen LogP contribution in [-0.4, -0.2) is 4.98 Å². The van der Waals surface area contributed by atoms with Gasteiger partial charge in [0, 0.05) is 27.4 Å². The zero-order chi connectivity index (χ0) is 35.3. The average Bonchev–Trinajstić information content (AvgIpc) is 3.21. The molecule has 2 aliphatic rings. The van der Waals surface area contributed by atoms with Crippen molar-refractivity contribution in [2.75, 3.05) is 9.80 Å². The maximum Gasteiger partial charge on any atom is 0.138 e. The van der Waals surface area contributed by atoms with Gasteiger partial charge >= 0.3 is 0 Å². The van der Waals surface area contributed by atoms with Crippen LogP contribution in [0, 0.1) is 0 Å². The Morgan fingerprint density at radius 1 is 0.434 bits per heavy atom. The third-order valence-corrected chi connectivity index (χ3v) is 11.5. The molecule has 0 spiro atoms. The Balaban J connectivity index is 1.23. The highest BCUT2D eigenvalue weighted by molar-refractivity contribution is 6.15. The van der Waals surface area contributed by atoms with Crippen LogP contribution in [0.25, 0.3) is 54.7 Å². The molecule has 0 aliphatic carbocycles. The lowest BCUT2D eigenvalue weighted by Gasteiger charge is -2.44. The summed E-state index contributed by atoms with van der Waals surface area (Å²) in [5.41, 5.74) is 14.0. The number of fused-ring (bicyclic) bond motifs is 6. The molecule has 0 unspecified atom stereocenters. The minimum absolute atomic E-state index is 0.230. The van der Waals surface area contributed by atoms with Gasteiger partial charge in [-0.2, -0.15) is 0 Å². The summed E-state index contributed by atoms with van der Waals surface area (Å²) in [6.45, 7) is 4.74. The van der Waals surface area contributed by atoms with Crippen LogP contribution in [0.2, 0.25) is 0 Å². The first-order chi connectivity index (χ1) is 26.0. The van der Waals surface area contributed by atoms with E-state index < -0.39 is 0 Å². The van der Waals surface area contributed by atoms with Crippen LogP contribution < -0.4 is 9.80 Å². The van der Waals surface area contributed by atoms with Gasteiger partial charge in [0.15, 0.2) is 0 Å². The first-order valence-corrected chi connectivity index (χ1v) is 18.4. The maximum absolute atomic E-state index is 5.47. The summed E-state index contributed by atoms with van der Waals surface area (Å²) in [5.74, 6) is 0.900. The van der Waals surface area contributed by atoms with E-state index in [9.17, 15) is 0 Å². The fraction of sp³-hybridized carbons (Fsp3) is 0.0600. The highest BCUT2D eigenvalue weighted by Gasteiger charge is 2.39. The Morgan fingerprint density at radius 3 is 2.04 bits per heavy atom. The predicted octanol–water partition coefficient (Wildman–Crippen LogP) is 13.8. The highest BCUT2D eigenvalue weighted by atomic mass is 15.2. The summed E-state index contributed by atoms with van der Waals surface area (Å²) in [6.07, 6.45) is 0. The van der Waals surface area contributed by atoms with Gasteiger partial charge in [-0.1, -0.05) is 135 Å². The summed E-state index contributed by atoms with van der Waals surface area (Å²) in [6, 6.07) is 64.2. The van der Waals surface area contributed by atoms with Gasteiger partial charge in [0.1, 0.15) is 5.82 Å². The lowest BCUT2D eigenvalue weighted by Crippen LogP contribution is -2.31. The van der Waals surface area contributed by atoms with E-state index in [0.29, 0.717) is 0 Å². The van der Waals surface area contributed by atoms with Crippen LogP contribution in [0.4, 0.5) is 34.3 Å². The third kappa shape index (κ3) is 4.37. The van der Waals surface area contributed by atoms with E-state index in [1.807, 2.05) is 0 Å². The first kappa shape index (κ1) is 30.0. The van der Waals surface area contributed by atoms with Crippen molar-refractivity contribution in [2.24, 2.45) is 0 Å². The fourth-order valence-corrected chi connectivity index (χ4v) is 8.97. The van der Waals surface area contributed by atoms with Gasteiger partial charge in [0.2, 0.25) is 0 Å². The fourth-order valence-electron chi connectivity index (χ4n) is 8.97. The average molecular weight is 678 g/mol. The van der Waals surface area contributed by atoms with E-state index in [0.717, 1.165) is 33.8 Å². The number of para-hydroxylation sites is 3. The smallest absolute Gasteiger partial charge is 0.138 e. The molecule has 11 rings (SSSR count). The monoisotopic (exact) mass is 677 g/mol. The molecule has 0 saturated carbocycles. The van der Waals surface area contributed by atoms with Crippen molar-refractivity contribution in [2.45, 2.75) is 19.3 Å². The van der Waals surface area contributed by atoms with E-state index in [2.05, 4.69) is 200 Å². The van der Waals surface area contributed by atoms with E-state index in [1.165, 1.54) is 66.3 Å². The molecule has 3 heterocycles. The zero-order valence-corrected chi connectivity index (χ0v) is 29.6. The molecule has 0 radical (unpaired) electrons. The summed E-state index contributed by atoms with van der Waals surface area (Å²) in [7, 11) is 0. The van der Waals surface area contributed by atoms with Crippen molar-refractivity contribution in [3.05, 3.63) is 187 Å². The van der Waals surface area contributed by atoms with Gasteiger partial charge in [0.05, 0.1) is 28.3 Å². The molecule has 0 bridgehead atoms. The van der Waals surface area contributed by atoms with Crippen molar-refractivity contribution < 1.29 is 0 Å². The van der Waals surface area contributed by atoms with Gasteiger partial charge in [-0.05, 0) is 98.6 Å². The van der Waals surface area contributed by atoms with Crippen LogP contribution in [0.15, 0.2) is 176 Å². The molecular formula is C50H35N3. The summed E-state index contributed by atoms with van der Waals surface area (Å²) in [5, 5.41) is 6.07. The molecule has 9 aromatic rings. The summed E-state index contributed by atoms with van der Waals surface area (Å²) >= 11 is 0. The number of pyridine rings is 1. The molecule has 0 amide bonds. The first-order valence-electron chi connectivity index (χ1n) is 18.4. The molecule has 0 fully saturated rings. The predicted molar refractivity (Wildman–Crippen MR) is 223 cm³/mol. The van der Waals surface area contributed by atoms with Crippen molar-refractivity contribution in [1.82, 2.24) is 4.98 Å². The second-order valence-electron chi connectivity index (χ2n) is 14.8. The Bertz CT molecular complexity index is 2940. The van der Waals surface area contributed by atoms with Crippen molar-refractivity contribution >= 4 is 66.7 Å². The molecule has 0 N–H and O–H groups in total. The minimum atomic E-state index is -0.230. The van der Waals surface area contributed by atoms with E-state index in [-0.39, 0.29) is 5.41 Å². The molecule has 2 aliphatic heterocycles. The number of hydrogen-bond acceptors (Lipinski definition) is 3. The van der Waals surface area contributed by atoms with Crippen LogP contribution >= 0.6 is 0 Å². The Labute approximate surface area is 309 Å². The molecule has 3 nitrogen and oxygen atoms in total. The van der Waals surface area contributed by atoms with Gasteiger partial charge < -0.3 is 4.90 Å². The molecule has 1 aromatic heterocycles. The second kappa shape index (κ2) is 11.1. The quantitative estimate of drug-likeness (QED) is 0.186. The van der Waals surface area contributed by atoms with E-state index >= 15 is 0 Å².